The zero-order valence-electron chi connectivity index (χ0n) is 18.6. The maximum atomic E-state index is 13.9. The van der Waals surface area contributed by atoms with Gasteiger partial charge in [-0.25, -0.2) is 18.5 Å². The van der Waals surface area contributed by atoms with E-state index < -0.39 is 29.5 Å². The van der Waals surface area contributed by atoms with E-state index in [-0.39, 0.29) is 17.9 Å². The zero-order valence-corrected chi connectivity index (χ0v) is 18.6. The van der Waals surface area contributed by atoms with Crippen molar-refractivity contribution < 1.29 is 32.6 Å². The Hall–Kier alpha value is -4.53. The summed E-state index contributed by atoms with van der Waals surface area (Å²) >= 11 is 0. The van der Waals surface area contributed by atoms with Gasteiger partial charge >= 0.3 is 6.03 Å². The highest BCUT2D eigenvalue weighted by atomic mass is 19.1. The molecule has 7 nitrogen and oxygen atoms in total. The summed E-state index contributed by atoms with van der Waals surface area (Å²) in [6.45, 7) is 2.06. The lowest BCUT2D eigenvalue weighted by atomic mass is 10.1. The Morgan fingerprint density at radius 1 is 0.914 bits per heavy atom. The van der Waals surface area contributed by atoms with Gasteiger partial charge in [0.2, 0.25) is 0 Å². The maximum Gasteiger partial charge on any atom is 0.335 e. The molecule has 0 saturated carbocycles. The molecular weight excluding hydrogens is 458 g/mol. The van der Waals surface area contributed by atoms with Crippen LogP contribution in [0.4, 0.5) is 19.3 Å². The molecule has 1 fully saturated rings. The monoisotopic (exact) mass is 478 g/mol. The van der Waals surface area contributed by atoms with Crippen molar-refractivity contribution >= 4 is 29.6 Å². The predicted molar refractivity (Wildman–Crippen MR) is 124 cm³/mol. The first kappa shape index (κ1) is 23.6. The molecule has 0 aliphatic carbocycles. The highest BCUT2D eigenvalue weighted by Gasteiger charge is 2.36. The number of nitrogens with one attached hydrogen (secondary N) is 1. The van der Waals surface area contributed by atoms with E-state index >= 15 is 0 Å². The number of hydrogen-bond acceptors (Lipinski definition) is 5. The second-order valence-corrected chi connectivity index (χ2v) is 7.45. The predicted octanol–water partition coefficient (Wildman–Crippen LogP) is 4.61. The minimum Gasteiger partial charge on any atom is -0.490 e. The van der Waals surface area contributed by atoms with Gasteiger partial charge in [-0.3, -0.25) is 14.9 Å². The molecule has 0 unspecified atom stereocenters. The molecule has 0 bridgehead atoms. The molecule has 9 heteroatoms. The van der Waals surface area contributed by atoms with Crippen molar-refractivity contribution in [2.75, 3.05) is 11.5 Å². The standard InChI is InChI=1S/C26H20F2N2O5/c1-2-34-23-14-16(7-12-22(23)35-15-17-5-3-4-6-21(17)28)13-20-24(31)29-26(33)30(25(20)32)19-10-8-18(27)9-11-19/h3-14H,2,15H2,1H3,(H,29,31,33)/b20-13+. The molecule has 0 atom stereocenters. The lowest BCUT2D eigenvalue weighted by Crippen LogP contribution is -2.54. The molecule has 1 N–H and O–H groups in total. The second-order valence-electron chi connectivity index (χ2n) is 7.45. The molecule has 3 aromatic rings. The summed E-state index contributed by atoms with van der Waals surface area (Å²) in [4.78, 5) is 38.5. The van der Waals surface area contributed by atoms with E-state index in [1.165, 1.54) is 24.3 Å². The Balaban J connectivity index is 1.61. The molecule has 1 aliphatic rings. The van der Waals surface area contributed by atoms with Crippen LogP contribution in [0.5, 0.6) is 11.5 Å². The molecule has 1 aliphatic heterocycles. The number of imide groups is 2. The van der Waals surface area contributed by atoms with Crippen LogP contribution in [0.2, 0.25) is 0 Å². The average Bonchev–Trinajstić information content (AvgIpc) is 2.83. The van der Waals surface area contributed by atoms with Crippen LogP contribution in [0.1, 0.15) is 18.1 Å². The Kier molecular flexibility index (Phi) is 6.86. The third kappa shape index (κ3) is 5.19. The van der Waals surface area contributed by atoms with Crippen molar-refractivity contribution in [2.24, 2.45) is 0 Å². The van der Waals surface area contributed by atoms with Gasteiger partial charge in [-0.1, -0.05) is 24.3 Å². The van der Waals surface area contributed by atoms with Crippen LogP contribution in [0.15, 0.2) is 72.3 Å². The molecule has 0 radical (unpaired) electrons. The minimum atomic E-state index is -0.935. The van der Waals surface area contributed by atoms with E-state index in [2.05, 4.69) is 5.32 Å². The van der Waals surface area contributed by atoms with Crippen molar-refractivity contribution in [1.29, 1.82) is 0 Å². The van der Waals surface area contributed by atoms with Gasteiger partial charge in [0, 0.05) is 5.56 Å². The molecule has 4 amide bonds. The Morgan fingerprint density at radius 3 is 2.37 bits per heavy atom. The van der Waals surface area contributed by atoms with Crippen molar-refractivity contribution in [3.8, 4) is 11.5 Å². The fraction of sp³-hybridized carbons (Fsp3) is 0.115. The maximum absolute atomic E-state index is 13.9. The normalized spacial score (nSPS) is 14.8. The molecule has 1 heterocycles. The number of carbonyl (C=O) groups excluding carboxylic acids is 3. The van der Waals surface area contributed by atoms with Crippen molar-refractivity contribution in [2.45, 2.75) is 13.5 Å². The van der Waals surface area contributed by atoms with E-state index in [9.17, 15) is 23.2 Å². The first-order valence-electron chi connectivity index (χ1n) is 10.7. The molecule has 0 spiro atoms. The molecule has 3 aromatic carbocycles. The quantitative estimate of drug-likeness (QED) is 0.396. The first-order chi connectivity index (χ1) is 16.9. The highest BCUT2D eigenvalue weighted by molar-refractivity contribution is 6.39. The van der Waals surface area contributed by atoms with Crippen LogP contribution in [-0.4, -0.2) is 24.5 Å². The van der Waals surface area contributed by atoms with Gasteiger partial charge in [0.1, 0.15) is 23.8 Å². The fourth-order valence-corrected chi connectivity index (χ4v) is 3.42. The topological polar surface area (TPSA) is 84.9 Å². The Bertz CT molecular complexity index is 1320. The number of benzene rings is 3. The highest BCUT2D eigenvalue weighted by Crippen LogP contribution is 2.31. The molecular formula is C26H20F2N2O5. The van der Waals surface area contributed by atoms with E-state index in [4.69, 9.17) is 9.47 Å². The zero-order chi connectivity index (χ0) is 24.9. The summed E-state index contributed by atoms with van der Waals surface area (Å²) < 4.78 is 38.5. The number of carbonyl (C=O) groups is 3. The summed E-state index contributed by atoms with van der Waals surface area (Å²) in [7, 11) is 0. The van der Waals surface area contributed by atoms with Gasteiger partial charge in [-0.2, -0.15) is 0 Å². The van der Waals surface area contributed by atoms with E-state index in [1.807, 2.05) is 0 Å². The summed E-state index contributed by atoms with van der Waals surface area (Å²) in [6.07, 6.45) is 1.31. The van der Waals surface area contributed by atoms with Gasteiger partial charge in [-0.05, 0) is 61.0 Å². The average molecular weight is 478 g/mol. The number of hydrogen-bond donors (Lipinski definition) is 1. The van der Waals surface area contributed by atoms with Crippen molar-refractivity contribution in [3.05, 3.63) is 95.1 Å². The largest absolute Gasteiger partial charge is 0.490 e. The van der Waals surface area contributed by atoms with Crippen molar-refractivity contribution in [1.82, 2.24) is 5.32 Å². The van der Waals surface area contributed by atoms with Crippen LogP contribution in [0.25, 0.3) is 6.08 Å². The van der Waals surface area contributed by atoms with Gasteiger partial charge in [0.05, 0.1) is 12.3 Å². The number of ether oxygens (including phenoxy) is 2. The molecule has 0 aromatic heterocycles. The molecule has 4 rings (SSSR count). The van der Waals surface area contributed by atoms with Gasteiger partial charge in [-0.15, -0.1) is 0 Å². The second kappa shape index (κ2) is 10.2. The third-order valence-corrected chi connectivity index (χ3v) is 5.11. The number of nitrogens with zero attached hydrogens (tertiary/aromatic N) is 1. The summed E-state index contributed by atoms with van der Waals surface area (Å²) in [5, 5.41) is 2.11. The third-order valence-electron chi connectivity index (χ3n) is 5.11. The summed E-state index contributed by atoms with van der Waals surface area (Å²) in [6, 6.07) is 14.7. The van der Waals surface area contributed by atoms with Crippen LogP contribution >= 0.6 is 0 Å². The Morgan fingerprint density at radius 2 is 1.66 bits per heavy atom. The van der Waals surface area contributed by atoms with Gasteiger partial charge in [0.15, 0.2) is 11.5 Å². The lowest BCUT2D eigenvalue weighted by molar-refractivity contribution is -0.122. The number of amides is 4. The van der Waals surface area contributed by atoms with E-state index in [0.29, 0.717) is 29.2 Å². The lowest BCUT2D eigenvalue weighted by Gasteiger charge is -2.26. The first-order valence-corrected chi connectivity index (χ1v) is 10.7. The number of anilines is 1. The Labute approximate surface area is 199 Å². The smallest absolute Gasteiger partial charge is 0.335 e. The minimum absolute atomic E-state index is 0.0250. The van der Waals surface area contributed by atoms with E-state index in [1.54, 1.807) is 43.3 Å². The summed E-state index contributed by atoms with van der Waals surface area (Å²) in [5.74, 6) is -1.98. The number of rotatable bonds is 7. The number of halogens is 2. The van der Waals surface area contributed by atoms with Crippen LogP contribution in [0, 0.1) is 11.6 Å². The molecule has 178 valence electrons. The van der Waals surface area contributed by atoms with Gasteiger partial charge in [0.25, 0.3) is 11.8 Å². The molecule has 1 saturated heterocycles. The van der Waals surface area contributed by atoms with Gasteiger partial charge < -0.3 is 9.47 Å². The number of urea groups is 1. The number of barbiturate groups is 1. The van der Waals surface area contributed by atoms with Crippen LogP contribution < -0.4 is 19.7 Å². The van der Waals surface area contributed by atoms with Crippen LogP contribution in [-0.2, 0) is 16.2 Å². The summed E-state index contributed by atoms with van der Waals surface area (Å²) in [5.41, 5.74) is 0.616. The van der Waals surface area contributed by atoms with E-state index in [0.717, 1.165) is 17.0 Å². The van der Waals surface area contributed by atoms with Crippen molar-refractivity contribution in [3.63, 3.8) is 0 Å². The SMILES string of the molecule is CCOc1cc(/C=C2\C(=O)NC(=O)N(c3ccc(F)cc3)C2=O)ccc1OCc1ccccc1F. The fourth-order valence-electron chi connectivity index (χ4n) is 3.42. The molecule has 35 heavy (non-hydrogen) atoms. The van der Waals surface area contributed by atoms with Crippen LogP contribution in [0.3, 0.4) is 0 Å².